The number of hydrogen-bond acceptors (Lipinski definition) is 4. The maximum Gasteiger partial charge on any atom is 0.407 e. The zero-order valence-electron chi connectivity index (χ0n) is 12.9. The number of nitrogens with one attached hydrogen (secondary N) is 2. The fraction of sp³-hybridized carbons (Fsp3) is 0.933. The highest BCUT2D eigenvalue weighted by atomic mass is 16.6. The molecule has 2 rings (SSSR count). The van der Waals surface area contributed by atoms with Gasteiger partial charge in [-0.25, -0.2) is 4.79 Å². The van der Waals surface area contributed by atoms with Crippen LogP contribution in [0.15, 0.2) is 0 Å². The second-order valence-corrected chi connectivity index (χ2v) is 7.30. The summed E-state index contributed by atoms with van der Waals surface area (Å²) < 4.78 is 5.26. The average molecular weight is 283 g/mol. The lowest BCUT2D eigenvalue weighted by Crippen LogP contribution is -2.56. The van der Waals surface area contributed by atoms with Gasteiger partial charge in [0.25, 0.3) is 0 Å². The first kappa shape index (κ1) is 15.6. The van der Waals surface area contributed by atoms with E-state index in [2.05, 4.69) is 10.6 Å². The molecule has 0 heterocycles. The van der Waals surface area contributed by atoms with E-state index in [1.54, 1.807) is 0 Å². The molecule has 0 aromatic heterocycles. The van der Waals surface area contributed by atoms with Crippen molar-refractivity contribution in [1.82, 2.24) is 10.6 Å². The molecule has 2 aliphatic carbocycles. The second-order valence-electron chi connectivity index (χ2n) is 7.30. The van der Waals surface area contributed by atoms with Crippen molar-refractivity contribution in [2.75, 3.05) is 0 Å². The molecule has 0 spiro atoms. The predicted octanol–water partition coefficient (Wildman–Crippen LogP) is 1.90. The number of ether oxygens (including phenoxy) is 1. The van der Waals surface area contributed by atoms with Gasteiger partial charge in [-0.3, -0.25) is 0 Å². The lowest BCUT2D eigenvalue weighted by Gasteiger charge is -2.40. The highest BCUT2D eigenvalue weighted by Gasteiger charge is 2.33. The molecular weight excluding hydrogens is 254 g/mol. The monoisotopic (exact) mass is 283 g/mol. The highest BCUT2D eigenvalue weighted by Crippen LogP contribution is 2.24. The summed E-state index contributed by atoms with van der Waals surface area (Å²) >= 11 is 0. The fourth-order valence-electron chi connectivity index (χ4n) is 3.06. The second kappa shape index (κ2) is 6.31. The minimum atomic E-state index is -0.427. The highest BCUT2D eigenvalue weighted by molar-refractivity contribution is 5.68. The van der Waals surface area contributed by atoms with Crippen molar-refractivity contribution in [2.45, 2.75) is 89.1 Å². The van der Waals surface area contributed by atoms with Crippen LogP contribution in [0.25, 0.3) is 0 Å². The van der Waals surface area contributed by atoms with Gasteiger partial charge in [-0.1, -0.05) is 6.42 Å². The first-order valence-corrected chi connectivity index (χ1v) is 7.83. The van der Waals surface area contributed by atoms with Gasteiger partial charge in [0.2, 0.25) is 0 Å². The Labute approximate surface area is 122 Å². The molecule has 0 radical (unpaired) electrons. The molecule has 2 atom stereocenters. The van der Waals surface area contributed by atoms with Crippen molar-refractivity contribution in [2.24, 2.45) is 5.73 Å². The summed E-state index contributed by atoms with van der Waals surface area (Å²) in [4.78, 5) is 11.6. The Bertz CT molecular complexity index is 335. The van der Waals surface area contributed by atoms with Crippen molar-refractivity contribution in [3.8, 4) is 0 Å². The molecule has 2 aliphatic rings. The maximum absolute atomic E-state index is 11.6. The molecule has 20 heavy (non-hydrogen) atoms. The Hall–Kier alpha value is -0.810. The van der Waals surface area contributed by atoms with Crippen LogP contribution in [0.3, 0.4) is 0 Å². The van der Waals surface area contributed by atoms with Gasteiger partial charge in [-0.05, 0) is 52.9 Å². The summed E-state index contributed by atoms with van der Waals surface area (Å²) in [6.07, 6.45) is 6.38. The largest absolute Gasteiger partial charge is 0.444 e. The molecule has 116 valence electrons. The van der Waals surface area contributed by atoms with Crippen LogP contribution in [0.4, 0.5) is 4.79 Å². The van der Waals surface area contributed by atoms with E-state index in [0.29, 0.717) is 18.1 Å². The quantitative estimate of drug-likeness (QED) is 0.739. The first-order chi connectivity index (χ1) is 9.32. The number of carbonyl (C=O) groups is 1. The van der Waals surface area contributed by atoms with Crippen LogP contribution in [0.5, 0.6) is 0 Å². The molecule has 0 aromatic rings. The molecular formula is C15H29N3O2. The van der Waals surface area contributed by atoms with Gasteiger partial charge in [0.15, 0.2) is 0 Å². The van der Waals surface area contributed by atoms with Crippen LogP contribution in [-0.4, -0.2) is 35.9 Å². The molecule has 5 nitrogen and oxygen atoms in total. The molecule has 0 aliphatic heterocycles. The third-order valence-electron chi connectivity index (χ3n) is 4.05. The first-order valence-electron chi connectivity index (χ1n) is 7.83. The van der Waals surface area contributed by atoms with Gasteiger partial charge in [-0.15, -0.1) is 0 Å². The van der Waals surface area contributed by atoms with Gasteiger partial charge >= 0.3 is 6.09 Å². The number of alkyl carbamates (subject to hydrolysis) is 1. The molecule has 1 amide bonds. The molecule has 0 saturated heterocycles. The van der Waals surface area contributed by atoms with Crippen molar-refractivity contribution in [1.29, 1.82) is 0 Å². The molecule has 4 N–H and O–H groups in total. The van der Waals surface area contributed by atoms with Crippen LogP contribution >= 0.6 is 0 Å². The third-order valence-corrected chi connectivity index (χ3v) is 4.05. The number of hydrogen-bond donors (Lipinski definition) is 3. The van der Waals surface area contributed by atoms with Crippen LogP contribution in [0.2, 0.25) is 0 Å². The number of nitrogens with two attached hydrogens (primary N) is 1. The van der Waals surface area contributed by atoms with Gasteiger partial charge in [0.1, 0.15) is 5.60 Å². The normalized spacial score (nSPS) is 34.2. The van der Waals surface area contributed by atoms with Gasteiger partial charge in [0.05, 0.1) is 0 Å². The van der Waals surface area contributed by atoms with E-state index >= 15 is 0 Å². The standard InChI is InChI=1S/C15H29N3O2/c1-15(2,3)20-14(19)18-13-8-12(9-13)17-11-6-4-5-10(16)7-11/h10-13,17H,4-9,16H2,1-3H3,(H,18,19). The third kappa shape index (κ3) is 4.94. The van der Waals surface area contributed by atoms with E-state index in [1.807, 2.05) is 20.8 Å². The minimum Gasteiger partial charge on any atom is -0.444 e. The number of rotatable bonds is 3. The van der Waals surface area contributed by atoms with Crippen LogP contribution < -0.4 is 16.4 Å². The average Bonchev–Trinajstić information content (AvgIpc) is 2.23. The van der Waals surface area contributed by atoms with Crippen LogP contribution in [0.1, 0.15) is 59.3 Å². The van der Waals surface area contributed by atoms with Gasteiger partial charge in [-0.2, -0.15) is 0 Å². The van der Waals surface area contributed by atoms with E-state index in [9.17, 15) is 4.79 Å². The zero-order chi connectivity index (χ0) is 14.8. The molecule has 0 aromatic carbocycles. The molecule has 2 saturated carbocycles. The lowest BCUT2D eigenvalue weighted by atomic mass is 9.84. The van der Waals surface area contributed by atoms with Gasteiger partial charge < -0.3 is 21.1 Å². The smallest absolute Gasteiger partial charge is 0.407 e. The summed E-state index contributed by atoms with van der Waals surface area (Å²) in [7, 11) is 0. The van der Waals surface area contributed by atoms with Crippen molar-refractivity contribution in [3.63, 3.8) is 0 Å². The lowest BCUT2D eigenvalue weighted by molar-refractivity contribution is 0.0461. The van der Waals surface area contributed by atoms with E-state index in [0.717, 1.165) is 25.7 Å². The number of carbonyl (C=O) groups excluding carboxylic acids is 1. The van der Waals surface area contributed by atoms with Crippen molar-refractivity contribution in [3.05, 3.63) is 0 Å². The zero-order valence-corrected chi connectivity index (χ0v) is 12.9. The van der Waals surface area contributed by atoms with Crippen LogP contribution in [0, 0.1) is 0 Å². The van der Waals surface area contributed by atoms with E-state index in [-0.39, 0.29) is 12.1 Å². The van der Waals surface area contributed by atoms with Gasteiger partial charge in [0, 0.05) is 24.2 Å². The fourth-order valence-corrected chi connectivity index (χ4v) is 3.06. The Morgan fingerprint density at radius 2 is 1.80 bits per heavy atom. The molecule has 0 bridgehead atoms. The summed E-state index contributed by atoms with van der Waals surface area (Å²) in [5.41, 5.74) is 5.57. The van der Waals surface area contributed by atoms with Crippen molar-refractivity contribution >= 4 is 6.09 Å². The Kier molecular flexibility index (Phi) is 4.91. The summed E-state index contributed by atoms with van der Waals surface area (Å²) in [6.45, 7) is 5.64. The van der Waals surface area contributed by atoms with E-state index < -0.39 is 5.60 Å². The SMILES string of the molecule is CC(C)(C)OC(=O)NC1CC(NC2CCCC(N)C2)C1. The Morgan fingerprint density at radius 1 is 1.10 bits per heavy atom. The Morgan fingerprint density at radius 3 is 2.40 bits per heavy atom. The van der Waals surface area contributed by atoms with E-state index in [1.165, 1.54) is 12.8 Å². The van der Waals surface area contributed by atoms with Crippen LogP contribution in [-0.2, 0) is 4.74 Å². The minimum absolute atomic E-state index is 0.250. The van der Waals surface area contributed by atoms with E-state index in [4.69, 9.17) is 10.5 Å². The summed E-state index contributed by atoms with van der Waals surface area (Å²) in [5.74, 6) is 0. The molecule has 2 fully saturated rings. The topological polar surface area (TPSA) is 76.4 Å². The summed E-state index contributed by atoms with van der Waals surface area (Å²) in [6, 6.07) is 1.69. The molecule has 2 unspecified atom stereocenters. The Balaban J connectivity index is 1.61. The maximum atomic E-state index is 11.6. The number of amides is 1. The predicted molar refractivity (Wildman–Crippen MR) is 79.5 cm³/mol. The summed E-state index contributed by atoms with van der Waals surface area (Å²) in [5, 5.41) is 6.59. The van der Waals surface area contributed by atoms with Crippen molar-refractivity contribution < 1.29 is 9.53 Å². The molecule has 5 heteroatoms.